The summed E-state index contributed by atoms with van der Waals surface area (Å²) in [5.41, 5.74) is 1.08. The molecule has 1 atom stereocenters. The molecule has 1 saturated carbocycles. The lowest BCUT2D eigenvalue weighted by Crippen LogP contribution is -2.32. The summed E-state index contributed by atoms with van der Waals surface area (Å²) in [6.45, 7) is 5.42. The van der Waals surface area contributed by atoms with E-state index >= 15 is 0 Å². The predicted molar refractivity (Wildman–Crippen MR) is 75.9 cm³/mol. The van der Waals surface area contributed by atoms with Crippen LogP contribution in [0.2, 0.25) is 0 Å². The molecule has 1 aromatic rings. The first-order valence-corrected chi connectivity index (χ1v) is 7.35. The van der Waals surface area contributed by atoms with E-state index < -0.39 is 0 Å². The quantitative estimate of drug-likeness (QED) is 0.919. The number of carbonyl (C=O) groups excluding carboxylic acids is 1. The van der Waals surface area contributed by atoms with Crippen LogP contribution < -0.4 is 14.8 Å². The maximum absolute atomic E-state index is 12.0. The lowest BCUT2D eigenvalue weighted by Gasteiger charge is -2.25. The lowest BCUT2D eigenvalue weighted by molar-refractivity contribution is -0.123. The van der Waals surface area contributed by atoms with Crippen LogP contribution in [0.5, 0.6) is 11.5 Å². The zero-order valence-electron chi connectivity index (χ0n) is 12.0. The van der Waals surface area contributed by atoms with Gasteiger partial charge in [-0.2, -0.15) is 0 Å². The summed E-state index contributed by atoms with van der Waals surface area (Å²) in [6, 6.07) is 5.97. The van der Waals surface area contributed by atoms with Gasteiger partial charge in [0.1, 0.15) is 13.2 Å². The van der Waals surface area contributed by atoms with E-state index in [1.807, 2.05) is 18.2 Å². The standard InChI is InChI=1S/C16H21NO3/c1-10(2)15(17-16(18)11-3-4-11)12-5-6-13-14(9-12)20-8-7-19-13/h5-6,9-11,15H,3-4,7-8H2,1-2H3,(H,17,18). The summed E-state index contributed by atoms with van der Waals surface area (Å²) >= 11 is 0. The summed E-state index contributed by atoms with van der Waals surface area (Å²) in [6.07, 6.45) is 2.05. The third-order valence-electron chi connectivity index (χ3n) is 3.84. The zero-order valence-corrected chi connectivity index (χ0v) is 12.0. The number of nitrogens with one attached hydrogen (secondary N) is 1. The van der Waals surface area contributed by atoms with E-state index in [2.05, 4.69) is 19.2 Å². The highest BCUT2D eigenvalue weighted by molar-refractivity contribution is 5.81. The molecular formula is C16H21NO3. The first-order chi connectivity index (χ1) is 9.65. The summed E-state index contributed by atoms with van der Waals surface area (Å²) in [7, 11) is 0. The molecule has 0 aromatic heterocycles. The van der Waals surface area contributed by atoms with Crippen molar-refractivity contribution >= 4 is 5.91 Å². The monoisotopic (exact) mass is 275 g/mol. The second-order valence-corrected chi connectivity index (χ2v) is 5.91. The Morgan fingerprint density at radius 2 is 1.90 bits per heavy atom. The number of ether oxygens (including phenoxy) is 2. The molecule has 1 amide bonds. The third-order valence-corrected chi connectivity index (χ3v) is 3.84. The highest BCUT2D eigenvalue weighted by atomic mass is 16.6. The van der Waals surface area contributed by atoms with E-state index in [4.69, 9.17) is 9.47 Å². The van der Waals surface area contributed by atoms with Gasteiger partial charge in [-0.15, -0.1) is 0 Å². The first kappa shape index (κ1) is 13.3. The zero-order chi connectivity index (χ0) is 14.1. The first-order valence-electron chi connectivity index (χ1n) is 7.35. The minimum atomic E-state index is 0.0268. The van der Waals surface area contributed by atoms with Crippen molar-refractivity contribution in [1.82, 2.24) is 5.32 Å². The van der Waals surface area contributed by atoms with Crippen LogP contribution in [-0.4, -0.2) is 19.1 Å². The van der Waals surface area contributed by atoms with Gasteiger partial charge in [0.25, 0.3) is 0 Å². The van der Waals surface area contributed by atoms with Gasteiger partial charge in [-0.25, -0.2) is 0 Å². The molecule has 108 valence electrons. The molecule has 1 heterocycles. The van der Waals surface area contributed by atoms with Gasteiger partial charge < -0.3 is 14.8 Å². The largest absolute Gasteiger partial charge is 0.486 e. The van der Waals surface area contributed by atoms with E-state index in [-0.39, 0.29) is 17.9 Å². The number of carbonyl (C=O) groups is 1. The predicted octanol–water partition coefficient (Wildman–Crippen LogP) is 2.68. The van der Waals surface area contributed by atoms with Gasteiger partial charge >= 0.3 is 0 Å². The average Bonchev–Trinajstić information content (AvgIpc) is 3.28. The average molecular weight is 275 g/mol. The molecule has 0 saturated heterocycles. The Balaban J connectivity index is 1.81. The second-order valence-electron chi connectivity index (χ2n) is 5.91. The third kappa shape index (κ3) is 2.74. The topological polar surface area (TPSA) is 47.6 Å². The molecule has 0 spiro atoms. The van der Waals surface area contributed by atoms with E-state index in [0.29, 0.717) is 19.1 Å². The fraction of sp³-hybridized carbons (Fsp3) is 0.562. The van der Waals surface area contributed by atoms with Crippen LogP contribution >= 0.6 is 0 Å². The molecule has 1 N–H and O–H groups in total. The number of amides is 1. The maximum atomic E-state index is 12.0. The van der Waals surface area contributed by atoms with Crippen molar-refractivity contribution in [3.63, 3.8) is 0 Å². The molecular weight excluding hydrogens is 254 g/mol. The van der Waals surface area contributed by atoms with Crippen LogP contribution in [0.4, 0.5) is 0 Å². The molecule has 1 unspecified atom stereocenters. The molecule has 1 fully saturated rings. The van der Waals surface area contributed by atoms with Crippen molar-refractivity contribution in [2.75, 3.05) is 13.2 Å². The van der Waals surface area contributed by atoms with Crippen molar-refractivity contribution < 1.29 is 14.3 Å². The molecule has 0 bridgehead atoms. The summed E-state index contributed by atoms with van der Waals surface area (Å²) in [5, 5.41) is 3.17. The minimum Gasteiger partial charge on any atom is -0.486 e. The molecule has 1 aromatic carbocycles. The van der Waals surface area contributed by atoms with Crippen molar-refractivity contribution in [2.45, 2.75) is 32.7 Å². The van der Waals surface area contributed by atoms with E-state index in [9.17, 15) is 4.79 Å². The lowest BCUT2D eigenvalue weighted by atomic mass is 9.95. The maximum Gasteiger partial charge on any atom is 0.223 e. The Morgan fingerprint density at radius 1 is 1.20 bits per heavy atom. The molecule has 2 aliphatic rings. The van der Waals surface area contributed by atoms with E-state index in [0.717, 1.165) is 29.9 Å². The summed E-state index contributed by atoms with van der Waals surface area (Å²) in [4.78, 5) is 12.0. The molecule has 20 heavy (non-hydrogen) atoms. The van der Waals surface area contributed by atoms with Gasteiger partial charge in [0.15, 0.2) is 11.5 Å². The van der Waals surface area contributed by atoms with Gasteiger partial charge in [0, 0.05) is 5.92 Å². The van der Waals surface area contributed by atoms with Crippen LogP contribution in [-0.2, 0) is 4.79 Å². The number of rotatable bonds is 4. The van der Waals surface area contributed by atoms with Crippen molar-refractivity contribution in [2.24, 2.45) is 11.8 Å². The molecule has 4 heteroatoms. The number of hydrogen-bond donors (Lipinski definition) is 1. The SMILES string of the molecule is CC(C)C(NC(=O)C1CC1)c1ccc2c(c1)OCCO2. The number of fused-ring (bicyclic) bond motifs is 1. The molecule has 3 rings (SSSR count). The molecule has 0 radical (unpaired) electrons. The number of benzene rings is 1. The van der Waals surface area contributed by atoms with Crippen LogP contribution in [0.25, 0.3) is 0 Å². The second kappa shape index (κ2) is 5.35. The Morgan fingerprint density at radius 3 is 2.55 bits per heavy atom. The molecule has 1 aliphatic carbocycles. The van der Waals surface area contributed by atoms with Crippen molar-refractivity contribution in [3.05, 3.63) is 23.8 Å². The fourth-order valence-corrected chi connectivity index (χ4v) is 2.50. The summed E-state index contributed by atoms with van der Waals surface area (Å²) in [5.74, 6) is 2.31. The van der Waals surface area contributed by atoms with Crippen LogP contribution in [0.3, 0.4) is 0 Å². The molecule has 1 aliphatic heterocycles. The Bertz CT molecular complexity index is 508. The van der Waals surface area contributed by atoms with Gasteiger partial charge in [-0.1, -0.05) is 19.9 Å². The Labute approximate surface area is 119 Å². The normalized spacial score (nSPS) is 18.8. The van der Waals surface area contributed by atoms with Crippen LogP contribution in [0.1, 0.15) is 38.3 Å². The van der Waals surface area contributed by atoms with Crippen molar-refractivity contribution in [1.29, 1.82) is 0 Å². The molecule has 4 nitrogen and oxygen atoms in total. The van der Waals surface area contributed by atoms with Gasteiger partial charge in [0.05, 0.1) is 6.04 Å². The van der Waals surface area contributed by atoms with Crippen LogP contribution in [0.15, 0.2) is 18.2 Å². The fourth-order valence-electron chi connectivity index (χ4n) is 2.50. The summed E-state index contributed by atoms with van der Waals surface area (Å²) < 4.78 is 11.2. The van der Waals surface area contributed by atoms with Crippen LogP contribution in [0, 0.1) is 11.8 Å². The smallest absolute Gasteiger partial charge is 0.223 e. The minimum absolute atomic E-state index is 0.0268. The van der Waals surface area contributed by atoms with E-state index in [1.165, 1.54) is 0 Å². The Hall–Kier alpha value is -1.71. The van der Waals surface area contributed by atoms with Gasteiger partial charge in [-0.3, -0.25) is 4.79 Å². The van der Waals surface area contributed by atoms with E-state index in [1.54, 1.807) is 0 Å². The van der Waals surface area contributed by atoms with Gasteiger partial charge in [0.2, 0.25) is 5.91 Å². The Kier molecular flexibility index (Phi) is 3.55. The highest BCUT2D eigenvalue weighted by Gasteiger charge is 2.32. The van der Waals surface area contributed by atoms with Crippen molar-refractivity contribution in [3.8, 4) is 11.5 Å². The van der Waals surface area contributed by atoms with Gasteiger partial charge in [-0.05, 0) is 36.5 Å². The highest BCUT2D eigenvalue weighted by Crippen LogP contribution is 2.35. The number of hydrogen-bond acceptors (Lipinski definition) is 3.